The third-order valence-electron chi connectivity index (χ3n) is 5.12. The van der Waals surface area contributed by atoms with Crippen LogP contribution < -0.4 is 4.74 Å². The molecule has 0 aliphatic carbocycles. The first-order chi connectivity index (χ1) is 12.8. The molecule has 132 valence electrons. The van der Waals surface area contributed by atoms with Crippen LogP contribution in [0.3, 0.4) is 0 Å². The van der Waals surface area contributed by atoms with E-state index in [9.17, 15) is 4.79 Å². The number of amides is 1. The average Bonchev–Trinajstić information content (AvgIpc) is 2.73. The maximum atomic E-state index is 13.0. The van der Waals surface area contributed by atoms with E-state index in [0.29, 0.717) is 17.9 Å². The Morgan fingerprint density at radius 2 is 1.88 bits per heavy atom. The number of likely N-dealkylation sites (tertiary alicyclic amines) is 1. The van der Waals surface area contributed by atoms with Crippen LogP contribution in [0, 0.1) is 0 Å². The largest absolute Gasteiger partial charge is 0.496 e. The van der Waals surface area contributed by atoms with Crippen molar-refractivity contribution in [2.75, 3.05) is 20.2 Å². The zero-order chi connectivity index (χ0) is 17.9. The van der Waals surface area contributed by atoms with E-state index in [2.05, 4.69) is 23.2 Å². The first-order valence-corrected chi connectivity index (χ1v) is 9.03. The fourth-order valence-electron chi connectivity index (χ4n) is 3.72. The summed E-state index contributed by atoms with van der Waals surface area (Å²) in [5.41, 5.74) is 1.70. The van der Waals surface area contributed by atoms with Crippen LogP contribution in [0.25, 0.3) is 10.8 Å². The number of para-hydroxylation sites is 1. The molecule has 0 spiro atoms. The van der Waals surface area contributed by atoms with Crippen molar-refractivity contribution in [3.05, 3.63) is 72.1 Å². The molecule has 1 atom stereocenters. The van der Waals surface area contributed by atoms with Crippen molar-refractivity contribution < 1.29 is 9.53 Å². The Kier molecular flexibility index (Phi) is 4.57. The summed E-state index contributed by atoms with van der Waals surface area (Å²) in [6.45, 7) is 1.48. The van der Waals surface area contributed by atoms with E-state index in [-0.39, 0.29) is 11.8 Å². The van der Waals surface area contributed by atoms with E-state index in [0.717, 1.165) is 30.5 Å². The van der Waals surface area contributed by atoms with Crippen LogP contribution in [0.5, 0.6) is 5.75 Å². The summed E-state index contributed by atoms with van der Waals surface area (Å²) in [5.74, 6) is 0.934. The van der Waals surface area contributed by atoms with Crippen LogP contribution in [0.15, 0.2) is 60.8 Å². The molecule has 0 N–H and O–H groups in total. The maximum absolute atomic E-state index is 13.0. The van der Waals surface area contributed by atoms with Gasteiger partial charge in [0.25, 0.3) is 5.91 Å². The number of piperidine rings is 1. The number of methoxy groups -OCH3 is 1. The van der Waals surface area contributed by atoms with Crippen LogP contribution in [-0.2, 0) is 0 Å². The van der Waals surface area contributed by atoms with Gasteiger partial charge in [0.05, 0.1) is 12.7 Å². The van der Waals surface area contributed by atoms with Crippen LogP contribution >= 0.6 is 0 Å². The second kappa shape index (κ2) is 7.16. The first-order valence-electron chi connectivity index (χ1n) is 9.03. The number of hydrogen-bond donors (Lipinski definition) is 0. The van der Waals surface area contributed by atoms with Gasteiger partial charge in [0, 0.05) is 36.3 Å². The molecule has 1 aliphatic rings. The van der Waals surface area contributed by atoms with Crippen molar-refractivity contribution >= 4 is 16.7 Å². The zero-order valence-electron chi connectivity index (χ0n) is 14.9. The minimum Gasteiger partial charge on any atom is -0.496 e. The molecule has 3 aromatic rings. The highest BCUT2D eigenvalue weighted by Crippen LogP contribution is 2.29. The van der Waals surface area contributed by atoms with Gasteiger partial charge in [-0.3, -0.25) is 9.78 Å². The minimum absolute atomic E-state index is 0.0351. The summed E-state index contributed by atoms with van der Waals surface area (Å²) in [6.07, 6.45) is 3.98. The van der Waals surface area contributed by atoms with Gasteiger partial charge in [-0.25, -0.2) is 0 Å². The molecular weight excluding hydrogens is 324 g/mol. The van der Waals surface area contributed by atoms with Crippen molar-refractivity contribution in [2.24, 2.45) is 0 Å². The number of benzene rings is 2. The van der Waals surface area contributed by atoms with E-state index < -0.39 is 0 Å². The summed E-state index contributed by atoms with van der Waals surface area (Å²) < 4.78 is 5.36. The highest BCUT2D eigenvalue weighted by Gasteiger charge is 2.27. The number of pyridine rings is 1. The third kappa shape index (κ3) is 3.15. The highest BCUT2D eigenvalue weighted by molar-refractivity contribution is 5.97. The smallest absolute Gasteiger partial charge is 0.257 e. The van der Waals surface area contributed by atoms with Gasteiger partial charge in [0.2, 0.25) is 0 Å². The fourth-order valence-corrected chi connectivity index (χ4v) is 3.72. The van der Waals surface area contributed by atoms with Gasteiger partial charge in [-0.15, -0.1) is 0 Å². The van der Waals surface area contributed by atoms with Crippen molar-refractivity contribution in [2.45, 2.75) is 18.8 Å². The van der Waals surface area contributed by atoms with Crippen LogP contribution in [0.2, 0.25) is 0 Å². The molecule has 0 saturated carbocycles. The normalized spacial score (nSPS) is 17.3. The van der Waals surface area contributed by atoms with Gasteiger partial charge in [-0.2, -0.15) is 0 Å². The number of hydrogen-bond acceptors (Lipinski definition) is 3. The average molecular weight is 346 g/mol. The number of rotatable bonds is 3. The SMILES string of the molecule is COc1ccccc1C(=O)N1CCC[C@@H](c2cc3ccccc3cn2)C1. The Morgan fingerprint density at radius 3 is 2.73 bits per heavy atom. The maximum Gasteiger partial charge on any atom is 0.257 e. The molecule has 4 nitrogen and oxygen atoms in total. The van der Waals surface area contributed by atoms with Gasteiger partial charge in [0.15, 0.2) is 0 Å². The molecule has 0 radical (unpaired) electrons. The van der Waals surface area contributed by atoms with E-state index in [1.807, 2.05) is 47.5 Å². The van der Waals surface area contributed by atoms with E-state index >= 15 is 0 Å². The second-order valence-corrected chi connectivity index (χ2v) is 6.75. The Balaban J connectivity index is 1.57. The molecule has 1 aliphatic heterocycles. The van der Waals surface area contributed by atoms with Crippen LogP contribution in [0.4, 0.5) is 0 Å². The molecular formula is C22H22N2O2. The van der Waals surface area contributed by atoms with Gasteiger partial charge >= 0.3 is 0 Å². The lowest BCUT2D eigenvalue weighted by atomic mass is 9.93. The monoisotopic (exact) mass is 346 g/mol. The van der Waals surface area contributed by atoms with Gasteiger partial charge in [-0.05, 0) is 36.4 Å². The number of carbonyl (C=O) groups is 1. The third-order valence-corrected chi connectivity index (χ3v) is 5.12. The quantitative estimate of drug-likeness (QED) is 0.711. The number of carbonyl (C=O) groups excluding carboxylic acids is 1. The molecule has 2 heterocycles. The molecule has 4 heteroatoms. The molecule has 2 aromatic carbocycles. The summed E-state index contributed by atoms with van der Waals surface area (Å²) in [5, 5.41) is 2.35. The predicted molar refractivity (Wildman–Crippen MR) is 103 cm³/mol. The number of fused-ring (bicyclic) bond motifs is 1. The lowest BCUT2D eigenvalue weighted by Gasteiger charge is -2.33. The Hall–Kier alpha value is -2.88. The topological polar surface area (TPSA) is 42.4 Å². The van der Waals surface area contributed by atoms with Crippen molar-refractivity contribution in [3.8, 4) is 5.75 Å². The van der Waals surface area contributed by atoms with Gasteiger partial charge < -0.3 is 9.64 Å². The Bertz CT molecular complexity index is 938. The van der Waals surface area contributed by atoms with Crippen molar-refractivity contribution in [1.82, 2.24) is 9.88 Å². The number of nitrogens with zero attached hydrogens (tertiary/aromatic N) is 2. The fraction of sp³-hybridized carbons (Fsp3) is 0.273. The Morgan fingerprint density at radius 1 is 1.12 bits per heavy atom. The molecule has 1 saturated heterocycles. The first kappa shape index (κ1) is 16.6. The molecule has 0 bridgehead atoms. The molecule has 0 unspecified atom stereocenters. The molecule has 4 rings (SSSR count). The summed E-state index contributed by atoms with van der Waals surface area (Å²) in [7, 11) is 1.60. The zero-order valence-corrected chi connectivity index (χ0v) is 14.9. The summed E-state index contributed by atoms with van der Waals surface area (Å²) in [4.78, 5) is 19.6. The lowest BCUT2D eigenvalue weighted by molar-refractivity contribution is 0.0702. The van der Waals surface area contributed by atoms with E-state index in [1.165, 1.54) is 5.39 Å². The number of aromatic nitrogens is 1. The van der Waals surface area contributed by atoms with Gasteiger partial charge in [-0.1, -0.05) is 36.4 Å². The standard InChI is InChI=1S/C22H22N2O2/c1-26-21-11-5-4-10-19(21)22(25)24-12-6-9-18(15-24)20-13-16-7-2-3-8-17(16)14-23-20/h2-5,7-8,10-11,13-14,18H,6,9,12,15H2,1H3/t18-/m1/s1. The summed E-state index contributed by atoms with van der Waals surface area (Å²) >= 11 is 0. The highest BCUT2D eigenvalue weighted by atomic mass is 16.5. The van der Waals surface area contributed by atoms with Crippen LogP contribution in [0.1, 0.15) is 34.8 Å². The number of ether oxygens (including phenoxy) is 1. The molecule has 26 heavy (non-hydrogen) atoms. The van der Waals surface area contributed by atoms with E-state index in [4.69, 9.17) is 4.74 Å². The van der Waals surface area contributed by atoms with Crippen molar-refractivity contribution in [3.63, 3.8) is 0 Å². The predicted octanol–water partition coefficient (Wildman–Crippen LogP) is 4.26. The molecule has 1 amide bonds. The summed E-state index contributed by atoms with van der Waals surface area (Å²) in [6, 6.07) is 17.8. The molecule has 1 fully saturated rings. The Labute approximate surface area is 153 Å². The molecule has 1 aromatic heterocycles. The van der Waals surface area contributed by atoms with Gasteiger partial charge in [0.1, 0.15) is 5.75 Å². The van der Waals surface area contributed by atoms with Crippen LogP contribution in [-0.4, -0.2) is 36.0 Å². The minimum atomic E-state index is 0.0351. The van der Waals surface area contributed by atoms with E-state index in [1.54, 1.807) is 7.11 Å². The second-order valence-electron chi connectivity index (χ2n) is 6.75. The van der Waals surface area contributed by atoms with Crippen molar-refractivity contribution in [1.29, 1.82) is 0 Å². The lowest BCUT2D eigenvalue weighted by Crippen LogP contribution is -2.39.